The SMILES string of the molecule is CCN1CCCN(C2CCN(c3ccc4[nH]c(-c5ccc(OC)c(OC)c5)c(C(C)C)c4c3)CC2)CC1. The number of piperidine rings is 1. The van der Waals surface area contributed by atoms with E-state index in [2.05, 4.69) is 70.8 Å². The van der Waals surface area contributed by atoms with Crippen LogP contribution in [0, 0.1) is 0 Å². The van der Waals surface area contributed by atoms with Gasteiger partial charge in [-0.25, -0.2) is 0 Å². The molecule has 37 heavy (non-hydrogen) atoms. The van der Waals surface area contributed by atoms with Crippen molar-refractivity contribution >= 4 is 16.6 Å². The lowest BCUT2D eigenvalue weighted by atomic mass is 9.95. The summed E-state index contributed by atoms with van der Waals surface area (Å²) in [7, 11) is 3.37. The first-order valence-electron chi connectivity index (χ1n) is 14.1. The summed E-state index contributed by atoms with van der Waals surface area (Å²) >= 11 is 0. The first-order chi connectivity index (χ1) is 18.0. The number of likely N-dealkylation sites (N-methyl/N-ethyl adjacent to an activating group) is 1. The smallest absolute Gasteiger partial charge is 0.161 e. The van der Waals surface area contributed by atoms with Gasteiger partial charge < -0.3 is 24.3 Å². The van der Waals surface area contributed by atoms with Crippen LogP contribution in [0.5, 0.6) is 11.5 Å². The van der Waals surface area contributed by atoms with Crippen LogP contribution < -0.4 is 14.4 Å². The van der Waals surface area contributed by atoms with E-state index in [4.69, 9.17) is 9.47 Å². The zero-order valence-electron chi connectivity index (χ0n) is 23.3. The Kier molecular flexibility index (Phi) is 7.96. The van der Waals surface area contributed by atoms with Crippen LogP contribution in [0.4, 0.5) is 5.69 Å². The number of nitrogens with zero attached hydrogens (tertiary/aromatic N) is 3. The van der Waals surface area contributed by atoms with Gasteiger partial charge in [-0.3, -0.25) is 4.90 Å². The van der Waals surface area contributed by atoms with Crippen LogP contribution in [-0.4, -0.2) is 80.9 Å². The summed E-state index contributed by atoms with van der Waals surface area (Å²) < 4.78 is 11.1. The maximum atomic E-state index is 5.59. The fourth-order valence-corrected chi connectivity index (χ4v) is 6.38. The van der Waals surface area contributed by atoms with Gasteiger partial charge in [-0.1, -0.05) is 20.8 Å². The summed E-state index contributed by atoms with van der Waals surface area (Å²) in [6.45, 7) is 15.3. The Bertz CT molecular complexity index is 1200. The standard InChI is InChI=1S/C31H44N4O2/c1-6-33-14-7-15-34(19-18-33)24-12-16-35(17-13-24)25-9-10-27-26(21-25)30(22(2)3)31(32-27)23-8-11-28(36-4)29(20-23)37-5/h8-11,20-22,24,32H,6-7,12-19H2,1-5H3. The summed E-state index contributed by atoms with van der Waals surface area (Å²) in [5.74, 6) is 1.90. The summed E-state index contributed by atoms with van der Waals surface area (Å²) in [5.41, 5.74) is 6.20. The van der Waals surface area contributed by atoms with Gasteiger partial charge in [0.25, 0.3) is 0 Å². The molecule has 2 saturated heterocycles. The van der Waals surface area contributed by atoms with Gasteiger partial charge in [0.2, 0.25) is 0 Å². The Labute approximate surface area is 222 Å². The molecule has 0 unspecified atom stereocenters. The van der Waals surface area contributed by atoms with E-state index >= 15 is 0 Å². The van der Waals surface area contributed by atoms with Crippen LogP contribution in [0.1, 0.15) is 51.5 Å². The fourth-order valence-electron chi connectivity index (χ4n) is 6.38. The predicted molar refractivity (Wildman–Crippen MR) is 154 cm³/mol. The van der Waals surface area contributed by atoms with E-state index < -0.39 is 0 Å². The number of methoxy groups -OCH3 is 2. The summed E-state index contributed by atoms with van der Waals surface area (Å²) in [6.07, 6.45) is 3.81. The van der Waals surface area contributed by atoms with Crippen molar-refractivity contribution in [3.05, 3.63) is 42.0 Å². The monoisotopic (exact) mass is 504 g/mol. The van der Waals surface area contributed by atoms with Crippen LogP contribution in [-0.2, 0) is 0 Å². The minimum Gasteiger partial charge on any atom is -0.493 e. The van der Waals surface area contributed by atoms with Crippen molar-refractivity contribution in [2.75, 3.05) is 64.9 Å². The molecule has 2 aliphatic rings. The zero-order chi connectivity index (χ0) is 25.9. The summed E-state index contributed by atoms with van der Waals surface area (Å²) in [4.78, 5) is 11.7. The number of aromatic amines is 1. The van der Waals surface area contributed by atoms with Gasteiger partial charge in [-0.2, -0.15) is 0 Å². The lowest BCUT2D eigenvalue weighted by Gasteiger charge is -2.39. The van der Waals surface area contributed by atoms with E-state index in [1.54, 1.807) is 14.2 Å². The van der Waals surface area contributed by atoms with Crippen molar-refractivity contribution < 1.29 is 9.47 Å². The number of benzene rings is 2. The lowest BCUT2D eigenvalue weighted by molar-refractivity contribution is 0.172. The van der Waals surface area contributed by atoms with Crippen molar-refractivity contribution in [2.45, 2.75) is 52.0 Å². The van der Waals surface area contributed by atoms with Gasteiger partial charge in [0.1, 0.15) is 0 Å². The largest absolute Gasteiger partial charge is 0.493 e. The number of fused-ring (bicyclic) bond motifs is 1. The van der Waals surface area contributed by atoms with E-state index in [-0.39, 0.29) is 0 Å². The minimum absolute atomic E-state index is 0.392. The molecule has 0 atom stereocenters. The van der Waals surface area contributed by atoms with Crippen LogP contribution in [0.15, 0.2) is 36.4 Å². The highest BCUT2D eigenvalue weighted by molar-refractivity contribution is 5.93. The highest BCUT2D eigenvalue weighted by Crippen LogP contribution is 2.40. The molecule has 200 valence electrons. The second-order valence-electron chi connectivity index (χ2n) is 10.9. The van der Waals surface area contributed by atoms with Crippen LogP contribution in [0.3, 0.4) is 0 Å². The maximum Gasteiger partial charge on any atom is 0.161 e. The Hall–Kier alpha value is -2.70. The van der Waals surface area contributed by atoms with Gasteiger partial charge in [-0.05, 0) is 86.8 Å². The van der Waals surface area contributed by atoms with Crippen molar-refractivity contribution in [2.24, 2.45) is 0 Å². The van der Waals surface area contributed by atoms with E-state index in [1.807, 2.05) is 6.07 Å². The highest BCUT2D eigenvalue weighted by atomic mass is 16.5. The molecule has 1 N–H and O–H groups in total. The molecule has 0 bridgehead atoms. The molecule has 6 nitrogen and oxygen atoms in total. The average molecular weight is 505 g/mol. The number of ether oxygens (including phenoxy) is 2. The topological polar surface area (TPSA) is 44.0 Å². The van der Waals surface area contributed by atoms with Crippen molar-refractivity contribution in [1.29, 1.82) is 0 Å². The van der Waals surface area contributed by atoms with E-state index in [0.29, 0.717) is 5.92 Å². The fraction of sp³-hybridized carbons (Fsp3) is 0.548. The first kappa shape index (κ1) is 25.9. The summed E-state index contributed by atoms with van der Waals surface area (Å²) in [5, 5.41) is 1.33. The average Bonchev–Trinajstić information content (AvgIpc) is 3.15. The Morgan fingerprint density at radius 1 is 0.892 bits per heavy atom. The molecule has 5 rings (SSSR count). The predicted octanol–water partition coefficient (Wildman–Crippen LogP) is 5.97. The number of H-pyrrole nitrogens is 1. The molecular weight excluding hydrogens is 460 g/mol. The Balaban J connectivity index is 1.36. The number of rotatable bonds is 7. The molecule has 0 radical (unpaired) electrons. The number of nitrogens with one attached hydrogen (secondary N) is 1. The zero-order valence-corrected chi connectivity index (χ0v) is 23.3. The van der Waals surface area contributed by atoms with Gasteiger partial charge in [0.05, 0.1) is 19.9 Å². The number of hydrogen-bond acceptors (Lipinski definition) is 5. The minimum atomic E-state index is 0.392. The number of aromatic nitrogens is 1. The third kappa shape index (κ3) is 5.32. The van der Waals surface area contributed by atoms with Gasteiger partial charge in [0.15, 0.2) is 11.5 Å². The van der Waals surface area contributed by atoms with E-state index in [1.165, 1.54) is 79.8 Å². The number of anilines is 1. The van der Waals surface area contributed by atoms with Crippen LogP contribution in [0.2, 0.25) is 0 Å². The molecule has 2 aliphatic heterocycles. The van der Waals surface area contributed by atoms with Crippen LogP contribution in [0.25, 0.3) is 22.2 Å². The summed E-state index contributed by atoms with van der Waals surface area (Å²) in [6, 6.07) is 13.9. The van der Waals surface area contributed by atoms with Gasteiger partial charge in [0, 0.05) is 54.4 Å². The molecule has 1 aromatic heterocycles. The van der Waals surface area contributed by atoms with Crippen molar-refractivity contribution in [3.8, 4) is 22.8 Å². The highest BCUT2D eigenvalue weighted by Gasteiger charge is 2.27. The van der Waals surface area contributed by atoms with Crippen molar-refractivity contribution in [3.63, 3.8) is 0 Å². The quantitative estimate of drug-likeness (QED) is 0.429. The third-order valence-electron chi connectivity index (χ3n) is 8.49. The second-order valence-corrected chi connectivity index (χ2v) is 10.9. The molecular formula is C31H44N4O2. The molecule has 6 heteroatoms. The molecule has 3 heterocycles. The normalized spacial score (nSPS) is 18.5. The molecule has 3 aromatic rings. The molecule has 2 aromatic carbocycles. The third-order valence-corrected chi connectivity index (χ3v) is 8.49. The van der Waals surface area contributed by atoms with Crippen LogP contribution >= 0.6 is 0 Å². The molecule has 0 saturated carbocycles. The number of hydrogen-bond donors (Lipinski definition) is 1. The van der Waals surface area contributed by atoms with E-state index in [9.17, 15) is 0 Å². The van der Waals surface area contributed by atoms with Crippen molar-refractivity contribution in [1.82, 2.24) is 14.8 Å². The Morgan fingerprint density at radius 2 is 1.68 bits per heavy atom. The molecule has 2 fully saturated rings. The lowest BCUT2D eigenvalue weighted by Crippen LogP contribution is -2.46. The Morgan fingerprint density at radius 3 is 2.38 bits per heavy atom. The first-order valence-corrected chi connectivity index (χ1v) is 14.1. The second kappa shape index (κ2) is 11.4. The molecule has 0 amide bonds. The van der Waals surface area contributed by atoms with E-state index in [0.717, 1.165) is 36.2 Å². The molecule has 0 aliphatic carbocycles. The maximum absolute atomic E-state index is 5.59. The molecule has 0 spiro atoms. The van der Waals surface area contributed by atoms with Gasteiger partial charge >= 0.3 is 0 Å². The van der Waals surface area contributed by atoms with Gasteiger partial charge in [-0.15, -0.1) is 0 Å².